The van der Waals surface area contributed by atoms with Crippen LogP contribution < -0.4 is 5.32 Å². The predicted octanol–water partition coefficient (Wildman–Crippen LogP) is 0.312. The van der Waals surface area contributed by atoms with Crippen molar-refractivity contribution < 1.29 is 14.3 Å². The summed E-state index contributed by atoms with van der Waals surface area (Å²) in [7, 11) is 3.67. The van der Waals surface area contributed by atoms with Crippen LogP contribution in [0.5, 0.6) is 0 Å². The first kappa shape index (κ1) is 16.2. The van der Waals surface area contributed by atoms with Gasteiger partial charge in [-0.2, -0.15) is 0 Å². The summed E-state index contributed by atoms with van der Waals surface area (Å²) in [6.07, 6.45) is 0. The molecule has 0 saturated heterocycles. The van der Waals surface area contributed by atoms with Crippen LogP contribution in [0.1, 0.15) is 13.8 Å². The predicted molar refractivity (Wildman–Crippen MR) is 67.8 cm³/mol. The monoisotopic (exact) mass is 245 g/mol. The summed E-state index contributed by atoms with van der Waals surface area (Å²) in [4.78, 5) is 13.1. The van der Waals surface area contributed by atoms with Gasteiger partial charge in [0.25, 0.3) is 0 Å². The Hall–Kier alpha value is -0.780. The second kappa shape index (κ2) is 10.4. The SMILES string of the molecule is CNCCOCCOCCN(C)C(=O)[C+](C)C. The number of hydrogen-bond donors (Lipinski definition) is 1. The molecule has 17 heavy (non-hydrogen) atoms. The molecule has 0 atom stereocenters. The highest BCUT2D eigenvalue weighted by Gasteiger charge is 2.23. The van der Waals surface area contributed by atoms with Crippen molar-refractivity contribution in [1.29, 1.82) is 0 Å². The van der Waals surface area contributed by atoms with Crippen molar-refractivity contribution in [3.05, 3.63) is 5.92 Å². The molecule has 5 heteroatoms. The molecule has 0 aliphatic rings. The van der Waals surface area contributed by atoms with Crippen LogP contribution in [-0.2, 0) is 14.3 Å². The van der Waals surface area contributed by atoms with Crippen LogP contribution >= 0.6 is 0 Å². The summed E-state index contributed by atoms with van der Waals surface area (Å²) < 4.78 is 10.7. The van der Waals surface area contributed by atoms with Crippen LogP contribution in [0.3, 0.4) is 0 Å². The highest BCUT2D eigenvalue weighted by atomic mass is 16.5. The van der Waals surface area contributed by atoms with Gasteiger partial charge in [0, 0.05) is 20.1 Å². The highest BCUT2D eigenvalue weighted by molar-refractivity contribution is 5.88. The highest BCUT2D eigenvalue weighted by Crippen LogP contribution is 2.00. The summed E-state index contributed by atoms with van der Waals surface area (Å²) in [6, 6.07) is 0. The molecule has 1 N–H and O–H groups in total. The molecule has 0 aliphatic heterocycles. The van der Waals surface area contributed by atoms with Crippen molar-refractivity contribution in [1.82, 2.24) is 10.2 Å². The zero-order valence-electron chi connectivity index (χ0n) is 11.4. The smallest absolute Gasteiger partial charge is 0.378 e. The second-order valence-electron chi connectivity index (χ2n) is 4.06. The molecule has 1 amide bonds. The Bertz CT molecular complexity index is 198. The zero-order chi connectivity index (χ0) is 13.1. The fourth-order valence-corrected chi connectivity index (χ4v) is 1.18. The Kier molecular flexibility index (Phi) is 9.90. The molecule has 100 valence electrons. The first-order valence-corrected chi connectivity index (χ1v) is 5.95. The molecule has 0 aromatic rings. The number of hydrogen-bond acceptors (Lipinski definition) is 4. The number of rotatable bonds is 10. The minimum absolute atomic E-state index is 0.0684. The summed E-state index contributed by atoms with van der Waals surface area (Å²) in [5, 5.41) is 3.00. The van der Waals surface area contributed by atoms with E-state index in [4.69, 9.17) is 9.47 Å². The van der Waals surface area contributed by atoms with Crippen LogP contribution in [0.15, 0.2) is 0 Å². The Balaban J connectivity index is 3.30. The third kappa shape index (κ3) is 8.97. The van der Waals surface area contributed by atoms with Crippen LogP contribution in [0, 0.1) is 5.92 Å². The average molecular weight is 245 g/mol. The van der Waals surface area contributed by atoms with Crippen LogP contribution in [0.4, 0.5) is 0 Å². The van der Waals surface area contributed by atoms with Gasteiger partial charge in [0.1, 0.15) is 0 Å². The molecular weight excluding hydrogens is 220 g/mol. The first-order chi connectivity index (χ1) is 8.09. The van der Waals surface area contributed by atoms with Crippen molar-refractivity contribution in [3.63, 3.8) is 0 Å². The van der Waals surface area contributed by atoms with Crippen LogP contribution in [-0.4, -0.2) is 64.4 Å². The maximum atomic E-state index is 11.5. The summed E-state index contributed by atoms with van der Waals surface area (Å²) >= 11 is 0. The Labute approximate surface area is 104 Å². The average Bonchev–Trinajstić information content (AvgIpc) is 2.31. The number of ether oxygens (including phenoxy) is 2. The van der Waals surface area contributed by atoms with Gasteiger partial charge in [0.05, 0.1) is 40.3 Å². The minimum Gasteiger partial charge on any atom is -0.378 e. The molecule has 0 saturated carbocycles. The minimum atomic E-state index is 0.0684. The number of carbonyl (C=O) groups is 1. The van der Waals surface area contributed by atoms with E-state index in [1.165, 1.54) is 0 Å². The normalized spacial score (nSPS) is 10.4. The maximum absolute atomic E-state index is 11.5. The van der Waals surface area contributed by atoms with Crippen LogP contribution in [0.2, 0.25) is 0 Å². The van der Waals surface area contributed by atoms with E-state index in [9.17, 15) is 4.79 Å². The molecule has 0 unspecified atom stereocenters. The summed E-state index contributed by atoms with van der Waals surface area (Å²) in [5.74, 6) is 0.863. The Morgan fingerprint density at radius 3 is 2.29 bits per heavy atom. The maximum Gasteiger partial charge on any atom is 0.406 e. The van der Waals surface area contributed by atoms with Crippen molar-refractivity contribution in [2.24, 2.45) is 0 Å². The molecule has 0 aromatic heterocycles. The Morgan fingerprint density at radius 2 is 1.76 bits per heavy atom. The summed E-state index contributed by atoms with van der Waals surface area (Å²) in [6.45, 7) is 7.50. The van der Waals surface area contributed by atoms with Crippen molar-refractivity contribution in [3.8, 4) is 0 Å². The van der Waals surface area contributed by atoms with E-state index in [0.29, 0.717) is 33.0 Å². The molecule has 0 aliphatic carbocycles. The number of likely N-dealkylation sites (N-methyl/N-ethyl adjacent to an activating group) is 2. The standard InChI is InChI=1S/C12H25N2O3/c1-11(2)12(15)14(4)6-8-17-10-9-16-7-5-13-3/h13H,5-10H2,1-4H3/q+1. The fourth-order valence-electron chi connectivity index (χ4n) is 1.18. The van der Waals surface area contributed by atoms with Gasteiger partial charge in [-0.1, -0.05) is 0 Å². The van der Waals surface area contributed by atoms with E-state index >= 15 is 0 Å². The van der Waals surface area contributed by atoms with Gasteiger partial charge in [-0.25, -0.2) is 4.79 Å². The number of nitrogens with zero attached hydrogens (tertiary/aromatic N) is 1. The largest absolute Gasteiger partial charge is 0.406 e. The lowest BCUT2D eigenvalue weighted by Crippen LogP contribution is -2.32. The van der Waals surface area contributed by atoms with E-state index in [1.54, 1.807) is 11.9 Å². The zero-order valence-corrected chi connectivity index (χ0v) is 11.4. The van der Waals surface area contributed by atoms with Gasteiger partial charge in [0.15, 0.2) is 5.92 Å². The van der Waals surface area contributed by atoms with E-state index in [1.807, 2.05) is 20.9 Å². The lowest BCUT2D eigenvalue weighted by molar-refractivity contribution is -0.128. The Morgan fingerprint density at radius 1 is 1.18 bits per heavy atom. The van der Waals surface area contributed by atoms with Gasteiger partial charge in [-0.3, -0.25) is 0 Å². The van der Waals surface area contributed by atoms with E-state index < -0.39 is 0 Å². The molecule has 0 fully saturated rings. The molecular formula is C12H25N2O3+. The number of nitrogens with one attached hydrogen (secondary N) is 1. The third-order valence-corrected chi connectivity index (χ3v) is 2.21. The number of carbonyl (C=O) groups excluding carboxylic acids is 1. The second-order valence-corrected chi connectivity index (χ2v) is 4.06. The topological polar surface area (TPSA) is 50.8 Å². The van der Waals surface area contributed by atoms with Gasteiger partial charge in [0.2, 0.25) is 0 Å². The lowest BCUT2D eigenvalue weighted by Gasteiger charge is -2.13. The summed E-state index contributed by atoms with van der Waals surface area (Å²) in [5.41, 5.74) is 0. The molecule has 0 spiro atoms. The molecule has 5 nitrogen and oxygen atoms in total. The quantitative estimate of drug-likeness (QED) is 0.444. The lowest BCUT2D eigenvalue weighted by atomic mass is 10.2. The van der Waals surface area contributed by atoms with Gasteiger partial charge in [-0.05, 0) is 7.05 Å². The van der Waals surface area contributed by atoms with E-state index in [-0.39, 0.29) is 5.91 Å². The van der Waals surface area contributed by atoms with Crippen molar-refractivity contribution in [2.45, 2.75) is 13.8 Å². The van der Waals surface area contributed by atoms with Gasteiger partial charge < -0.3 is 19.7 Å². The molecule has 0 bridgehead atoms. The van der Waals surface area contributed by atoms with E-state index in [0.717, 1.165) is 12.5 Å². The fraction of sp³-hybridized carbons (Fsp3) is 0.833. The van der Waals surface area contributed by atoms with Crippen molar-refractivity contribution in [2.75, 3.05) is 53.6 Å². The van der Waals surface area contributed by atoms with E-state index in [2.05, 4.69) is 5.32 Å². The molecule has 0 heterocycles. The van der Waals surface area contributed by atoms with Crippen LogP contribution in [0.25, 0.3) is 0 Å². The molecule has 0 aromatic carbocycles. The molecule has 0 radical (unpaired) electrons. The number of amides is 1. The van der Waals surface area contributed by atoms with Gasteiger partial charge >= 0.3 is 5.91 Å². The van der Waals surface area contributed by atoms with Crippen molar-refractivity contribution >= 4 is 5.91 Å². The molecule has 0 rings (SSSR count). The first-order valence-electron chi connectivity index (χ1n) is 5.95. The third-order valence-electron chi connectivity index (χ3n) is 2.21. The van der Waals surface area contributed by atoms with Gasteiger partial charge in [-0.15, -0.1) is 0 Å².